The number of hydrogen-bond donors (Lipinski definition) is 1. The topological polar surface area (TPSA) is 49.4 Å². The zero-order valence-electron chi connectivity index (χ0n) is 10.6. The normalized spacial score (nSPS) is 23.1. The van der Waals surface area contributed by atoms with Crippen molar-refractivity contribution in [2.24, 2.45) is 11.8 Å². The highest BCUT2D eigenvalue weighted by atomic mass is 16.2. The molecule has 1 N–H and O–H groups in total. The van der Waals surface area contributed by atoms with E-state index in [9.17, 15) is 9.59 Å². The van der Waals surface area contributed by atoms with E-state index in [1.807, 2.05) is 27.7 Å². The summed E-state index contributed by atoms with van der Waals surface area (Å²) in [6.07, 6.45) is 0.716. The fraction of sp³-hybridized carbons (Fsp3) is 0.833. The first-order valence-corrected chi connectivity index (χ1v) is 6.10. The van der Waals surface area contributed by atoms with E-state index in [0.717, 1.165) is 13.1 Å². The molecule has 1 aliphatic carbocycles. The first-order chi connectivity index (χ1) is 7.51. The number of carbonyl (C=O) groups excluding carboxylic acids is 2. The zero-order chi connectivity index (χ0) is 12.3. The van der Waals surface area contributed by atoms with Crippen molar-refractivity contribution in [3.8, 4) is 0 Å². The molecule has 16 heavy (non-hydrogen) atoms. The van der Waals surface area contributed by atoms with Gasteiger partial charge in [0.15, 0.2) is 0 Å². The number of hydrogen-bond acceptors (Lipinski definition) is 2. The van der Waals surface area contributed by atoms with Crippen LogP contribution in [0.4, 0.5) is 0 Å². The van der Waals surface area contributed by atoms with Gasteiger partial charge in [0.25, 0.3) is 0 Å². The average molecular weight is 226 g/mol. The highest BCUT2D eigenvalue weighted by Crippen LogP contribution is 2.40. The molecule has 2 amide bonds. The molecule has 0 radical (unpaired) electrons. The molecule has 0 aromatic rings. The maximum Gasteiger partial charge on any atom is 0.226 e. The third-order valence-electron chi connectivity index (χ3n) is 2.95. The molecule has 2 unspecified atom stereocenters. The fourth-order valence-electron chi connectivity index (χ4n) is 1.92. The van der Waals surface area contributed by atoms with Gasteiger partial charge in [-0.3, -0.25) is 9.59 Å². The van der Waals surface area contributed by atoms with Crippen LogP contribution < -0.4 is 5.32 Å². The molecular weight excluding hydrogens is 204 g/mol. The van der Waals surface area contributed by atoms with Gasteiger partial charge in [0.2, 0.25) is 11.8 Å². The lowest BCUT2D eigenvalue weighted by Crippen LogP contribution is -2.35. The molecule has 1 aliphatic rings. The van der Waals surface area contributed by atoms with E-state index in [0.29, 0.717) is 6.42 Å². The van der Waals surface area contributed by atoms with E-state index in [-0.39, 0.29) is 29.7 Å². The molecule has 0 spiro atoms. The number of carbonyl (C=O) groups is 2. The largest absolute Gasteiger partial charge is 0.354 e. The van der Waals surface area contributed by atoms with Gasteiger partial charge in [-0.15, -0.1) is 0 Å². The highest BCUT2D eigenvalue weighted by Gasteiger charge is 2.49. The van der Waals surface area contributed by atoms with E-state index in [4.69, 9.17) is 0 Å². The summed E-state index contributed by atoms with van der Waals surface area (Å²) < 4.78 is 0. The molecule has 0 aromatic heterocycles. The third-order valence-corrected chi connectivity index (χ3v) is 2.95. The Kier molecular flexibility index (Phi) is 4.33. The maximum atomic E-state index is 11.9. The van der Waals surface area contributed by atoms with E-state index < -0.39 is 0 Å². The number of amides is 2. The molecule has 4 heteroatoms. The van der Waals surface area contributed by atoms with Crippen molar-refractivity contribution in [1.29, 1.82) is 0 Å². The Morgan fingerprint density at radius 1 is 1.25 bits per heavy atom. The second-order valence-corrected chi connectivity index (χ2v) is 4.62. The molecule has 0 saturated heterocycles. The second kappa shape index (κ2) is 5.32. The van der Waals surface area contributed by atoms with Crippen molar-refractivity contribution >= 4 is 11.8 Å². The molecule has 1 saturated carbocycles. The maximum absolute atomic E-state index is 11.9. The standard InChI is InChI=1S/C12H22N2O2/c1-5-14(6-2)12(16)10-7-9(10)11(15)13-8(3)4/h8-10H,5-7H2,1-4H3,(H,13,15). The predicted octanol–water partition coefficient (Wildman–Crippen LogP) is 1.02. The molecule has 1 rings (SSSR count). The van der Waals surface area contributed by atoms with Crippen LogP contribution in [0, 0.1) is 11.8 Å². The van der Waals surface area contributed by atoms with Gasteiger partial charge >= 0.3 is 0 Å². The van der Waals surface area contributed by atoms with Crippen molar-refractivity contribution < 1.29 is 9.59 Å². The van der Waals surface area contributed by atoms with Crippen molar-refractivity contribution in [2.75, 3.05) is 13.1 Å². The van der Waals surface area contributed by atoms with Crippen molar-refractivity contribution in [2.45, 2.75) is 40.2 Å². The quantitative estimate of drug-likeness (QED) is 0.760. The van der Waals surface area contributed by atoms with Crippen LogP contribution in [0.3, 0.4) is 0 Å². The Balaban J connectivity index is 2.44. The molecular formula is C12H22N2O2. The van der Waals surface area contributed by atoms with E-state index in [2.05, 4.69) is 5.32 Å². The average Bonchev–Trinajstić information content (AvgIpc) is 2.97. The summed E-state index contributed by atoms with van der Waals surface area (Å²) in [5, 5.41) is 2.85. The van der Waals surface area contributed by atoms with Gasteiger partial charge in [0, 0.05) is 19.1 Å². The first kappa shape index (κ1) is 13.0. The lowest BCUT2D eigenvalue weighted by Gasteiger charge is -2.18. The molecule has 0 bridgehead atoms. The monoisotopic (exact) mass is 226 g/mol. The molecule has 0 aromatic carbocycles. The number of nitrogens with zero attached hydrogens (tertiary/aromatic N) is 1. The summed E-state index contributed by atoms with van der Waals surface area (Å²) in [6, 6.07) is 0.150. The van der Waals surface area contributed by atoms with E-state index in [1.165, 1.54) is 0 Å². The molecule has 92 valence electrons. The number of nitrogens with one attached hydrogen (secondary N) is 1. The van der Waals surface area contributed by atoms with Gasteiger partial charge in [-0.05, 0) is 34.1 Å². The van der Waals surface area contributed by atoms with Gasteiger partial charge in [-0.1, -0.05) is 0 Å². The van der Waals surface area contributed by atoms with Gasteiger partial charge in [0.05, 0.1) is 11.8 Å². The summed E-state index contributed by atoms with van der Waals surface area (Å²) in [5.41, 5.74) is 0. The Morgan fingerprint density at radius 3 is 2.25 bits per heavy atom. The van der Waals surface area contributed by atoms with Crippen molar-refractivity contribution in [1.82, 2.24) is 10.2 Å². The summed E-state index contributed by atoms with van der Waals surface area (Å²) in [6.45, 7) is 9.25. The zero-order valence-corrected chi connectivity index (χ0v) is 10.6. The van der Waals surface area contributed by atoms with Crippen molar-refractivity contribution in [3.05, 3.63) is 0 Å². The first-order valence-electron chi connectivity index (χ1n) is 6.10. The molecule has 1 fully saturated rings. The van der Waals surface area contributed by atoms with Gasteiger partial charge in [-0.25, -0.2) is 0 Å². The van der Waals surface area contributed by atoms with E-state index >= 15 is 0 Å². The molecule has 0 aliphatic heterocycles. The van der Waals surface area contributed by atoms with Crippen molar-refractivity contribution in [3.63, 3.8) is 0 Å². The van der Waals surface area contributed by atoms with Crippen LogP contribution in [0.15, 0.2) is 0 Å². The summed E-state index contributed by atoms with van der Waals surface area (Å²) in [7, 11) is 0. The van der Waals surface area contributed by atoms with Crippen LogP contribution >= 0.6 is 0 Å². The fourth-order valence-corrected chi connectivity index (χ4v) is 1.92. The Morgan fingerprint density at radius 2 is 1.81 bits per heavy atom. The minimum atomic E-state index is -0.0875. The van der Waals surface area contributed by atoms with Crippen LogP contribution in [0.1, 0.15) is 34.1 Å². The minimum Gasteiger partial charge on any atom is -0.354 e. The molecule has 2 atom stereocenters. The SMILES string of the molecule is CCN(CC)C(=O)C1CC1C(=O)NC(C)C. The summed E-state index contributed by atoms with van der Waals surface area (Å²) in [4.78, 5) is 25.4. The summed E-state index contributed by atoms with van der Waals surface area (Å²) in [5.74, 6) is 0.00330. The Hall–Kier alpha value is -1.06. The smallest absolute Gasteiger partial charge is 0.226 e. The van der Waals surface area contributed by atoms with Crippen LogP contribution in [0.25, 0.3) is 0 Å². The second-order valence-electron chi connectivity index (χ2n) is 4.62. The van der Waals surface area contributed by atoms with Crippen LogP contribution in [-0.4, -0.2) is 35.8 Å². The lowest BCUT2D eigenvalue weighted by atomic mass is 10.2. The van der Waals surface area contributed by atoms with Crippen LogP contribution in [0.2, 0.25) is 0 Å². The predicted molar refractivity (Wildman–Crippen MR) is 62.8 cm³/mol. The molecule has 0 heterocycles. The van der Waals surface area contributed by atoms with Crippen LogP contribution in [0.5, 0.6) is 0 Å². The summed E-state index contributed by atoms with van der Waals surface area (Å²) >= 11 is 0. The number of rotatable bonds is 5. The van der Waals surface area contributed by atoms with Gasteiger partial charge in [0.1, 0.15) is 0 Å². The minimum absolute atomic E-state index is 0.0282. The Bertz CT molecular complexity index is 272. The van der Waals surface area contributed by atoms with Crippen LogP contribution in [-0.2, 0) is 9.59 Å². The lowest BCUT2D eigenvalue weighted by molar-refractivity contribution is -0.134. The van der Waals surface area contributed by atoms with Gasteiger partial charge in [-0.2, -0.15) is 0 Å². The molecule has 4 nitrogen and oxygen atoms in total. The highest BCUT2D eigenvalue weighted by molar-refractivity contribution is 5.92. The third kappa shape index (κ3) is 2.97. The van der Waals surface area contributed by atoms with E-state index in [1.54, 1.807) is 4.90 Å². The Labute approximate surface area is 97.4 Å². The van der Waals surface area contributed by atoms with Gasteiger partial charge < -0.3 is 10.2 Å².